The maximum atomic E-state index is 13.0. The van der Waals surface area contributed by atoms with E-state index in [1.54, 1.807) is 0 Å². The molecule has 0 radical (unpaired) electrons. The Kier molecular flexibility index (Phi) is 6.80. The Morgan fingerprint density at radius 3 is 2.40 bits per heavy atom. The number of nitrogens with one attached hydrogen (secondary N) is 1. The summed E-state index contributed by atoms with van der Waals surface area (Å²) in [7, 11) is 0. The highest BCUT2D eigenvalue weighted by atomic mass is 19.1. The van der Waals surface area contributed by atoms with Gasteiger partial charge in [0.1, 0.15) is 11.6 Å². The van der Waals surface area contributed by atoms with Crippen molar-refractivity contribution < 1.29 is 14.0 Å². The topological polar surface area (TPSA) is 75.2 Å². The Hall–Kier alpha value is -2.83. The van der Waals surface area contributed by atoms with Crippen LogP contribution in [0.1, 0.15) is 55.4 Å². The molecule has 0 bridgehead atoms. The van der Waals surface area contributed by atoms with E-state index in [1.165, 1.54) is 24.3 Å². The zero-order chi connectivity index (χ0) is 21.8. The number of carbonyl (C=O) groups is 2. The minimum atomic E-state index is -0.347. The number of nitrogens with zero attached hydrogens (tertiary/aromatic N) is 3. The van der Waals surface area contributed by atoms with E-state index in [1.807, 2.05) is 32.6 Å². The molecule has 1 N–H and O–H groups in total. The number of piperidine rings is 1. The Morgan fingerprint density at radius 2 is 1.80 bits per heavy atom. The van der Waals surface area contributed by atoms with Crippen molar-refractivity contribution >= 4 is 17.5 Å². The Balaban J connectivity index is 1.71. The maximum Gasteiger partial charge on any atom is 0.228 e. The molecule has 0 saturated carbocycles. The van der Waals surface area contributed by atoms with Gasteiger partial charge in [-0.3, -0.25) is 9.59 Å². The van der Waals surface area contributed by atoms with E-state index in [2.05, 4.69) is 15.3 Å². The van der Waals surface area contributed by atoms with Crippen LogP contribution >= 0.6 is 0 Å². The first-order valence-electron chi connectivity index (χ1n) is 10.4. The van der Waals surface area contributed by atoms with Gasteiger partial charge in [0.2, 0.25) is 11.8 Å². The molecular formula is C23H29FN4O2. The molecule has 160 valence electrons. The average Bonchev–Trinajstić information content (AvgIpc) is 2.71. The molecule has 2 amide bonds. The molecule has 6 nitrogen and oxygen atoms in total. The molecule has 0 aliphatic carbocycles. The van der Waals surface area contributed by atoms with Gasteiger partial charge in [-0.15, -0.1) is 0 Å². The molecule has 1 aliphatic rings. The molecule has 30 heavy (non-hydrogen) atoms. The van der Waals surface area contributed by atoms with E-state index in [0.29, 0.717) is 12.2 Å². The van der Waals surface area contributed by atoms with Gasteiger partial charge in [0.15, 0.2) is 0 Å². The molecule has 2 aromatic rings. The molecule has 2 heterocycles. The van der Waals surface area contributed by atoms with Gasteiger partial charge in [0.25, 0.3) is 0 Å². The van der Waals surface area contributed by atoms with E-state index in [9.17, 15) is 14.0 Å². The summed E-state index contributed by atoms with van der Waals surface area (Å²) < 4.78 is 13.0. The first-order chi connectivity index (χ1) is 14.2. The predicted octanol–water partition coefficient (Wildman–Crippen LogP) is 3.78. The number of hydrogen-bond donors (Lipinski definition) is 1. The molecule has 1 atom stereocenters. The number of aryl methyl sites for hydroxylation is 2. The molecule has 1 aromatic carbocycles. The number of amides is 2. The van der Waals surface area contributed by atoms with Gasteiger partial charge in [0, 0.05) is 47.6 Å². The van der Waals surface area contributed by atoms with Crippen LogP contribution in [0.25, 0.3) is 0 Å². The van der Waals surface area contributed by atoms with Crippen molar-refractivity contribution in [2.45, 2.75) is 52.9 Å². The fourth-order valence-electron chi connectivity index (χ4n) is 3.86. The summed E-state index contributed by atoms with van der Waals surface area (Å²) in [6, 6.07) is 5.67. The SMILES string of the molecule is Cc1nc(C2CCCN(C(=O)C(C)C)C2)nc(C)c1CC(=O)Nc1ccc(F)cc1. The number of anilines is 1. The third-order valence-corrected chi connectivity index (χ3v) is 5.50. The molecule has 0 spiro atoms. The average molecular weight is 413 g/mol. The van der Waals surface area contributed by atoms with E-state index in [4.69, 9.17) is 0 Å². The number of carbonyl (C=O) groups excluding carboxylic acids is 2. The third kappa shape index (κ3) is 5.20. The van der Waals surface area contributed by atoms with Gasteiger partial charge in [-0.05, 0) is 51.0 Å². The largest absolute Gasteiger partial charge is 0.342 e. The van der Waals surface area contributed by atoms with E-state index in [-0.39, 0.29) is 35.9 Å². The number of aromatic nitrogens is 2. The minimum absolute atomic E-state index is 0.0184. The number of likely N-dealkylation sites (tertiary alicyclic amines) is 1. The molecule has 1 aromatic heterocycles. The standard InChI is InChI=1S/C23H29FN4O2/c1-14(2)23(30)28-11-5-6-17(13-28)22-25-15(3)20(16(4)26-22)12-21(29)27-19-9-7-18(24)8-10-19/h7-10,14,17H,5-6,11-13H2,1-4H3,(H,27,29). The van der Waals surface area contributed by atoms with Crippen molar-refractivity contribution in [2.24, 2.45) is 5.92 Å². The zero-order valence-electron chi connectivity index (χ0n) is 18.0. The normalized spacial score (nSPS) is 16.6. The third-order valence-electron chi connectivity index (χ3n) is 5.50. The molecular weight excluding hydrogens is 383 g/mol. The lowest BCUT2D eigenvalue weighted by Crippen LogP contribution is -2.41. The summed E-state index contributed by atoms with van der Waals surface area (Å²) in [5.74, 6) is 0.461. The molecule has 7 heteroatoms. The number of hydrogen-bond acceptors (Lipinski definition) is 4. The lowest BCUT2D eigenvalue weighted by molar-refractivity contribution is -0.135. The lowest BCUT2D eigenvalue weighted by atomic mass is 9.95. The highest BCUT2D eigenvalue weighted by Gasteiger charge is 2.28. The Bertz CT molecular complexity index is 904. The number of halogens is 1. The summed E-state index contributed by atoms with van der Waals surface area (Å²) in [5.41, 5.74) is 2.90. The van der Waals surface area contributed by atoms with Gasteiger partial charge < -0.3 is 10.2 Å². The quantitative estimate of drug-likeness (QED) is 0.811. The van der Waals surface area contributed by atoms with Gasteiger partial charge in [-0.2, -0.15) is 0 Å². The second kappa shape index (κ2) is 9.32. The molecule has 1 saturated heterocycles. The van der Waals surface area contributed by atoms with Gasteiger partial charge in [-0.1, -0.05) is 13.8 Å². The fraction of sp³-hybridized carbons (Fsp3) is 0.478. The fourth-order valence-corrected chi connectivity index (χ4v) is 3.86. The summed E-state index contributed by atoms with van der Waals surface area (Å²) >= 11 is 0. The first-order valence-corrected chi connectivity index (χ1v) is 10.4. The highest BCUT2D eigenvalue weighted by Crippen LogP contribution is 2.27. The lowest BCUT2D eigenvalue weighted by Gasteiger charge is -2.33. The Labute approximate surface area is 176 Å². The van der Waals surface area contributed by atoms with Crippen LogP contribution in [0.5, 0.6) is 0 Å². The predicted molar refractivity (Wildman–Crippen MR) is 114 cm³/mol. The van der Waals surface area contributed by atoms with E-state index in [0.717, 1.165) is 42.2 Å². The maximum absolute atomic E-state index is 13.0. The summed E-state index contributed by atoms with van der Waals surface area (Å²) in [4.78, 5) is 36.1. The van der Waals surface area contributed by atoms with Crippen LogP contribution in [-0.4, -0.2) is 39.8 Å². The van der Waals surface area contributed by atoms with Gasteiger partial charge >= 0.3 is 0 Å². The van der Waals surface area contributed by atoms with Crippen LogP contribution in [0.4, 0.5) is 10.1 Å². The van der Waals surface area contributed by atoms with Crippen LogP contribution in [0, 0.1) is 25.6 Å². The number of rotatable bonds is 5. The summed E-state index contributed by atoms with van der Waals surface area (Å²) in [6.07, 6.45) is 2.04. The second-order valence-corrected chi connectivity index (χ2v) is 8.24. The smallest absolute Gasteiger partial charge is 0.228 e. The van der Waals surface area contributed by atoms with Crippen LogP contribution < -0.4 is 5.32 Å². The molecule has 3 rings (SSSR count). The van der Waals surface area contributed by atoms with Crippen molar-refractivity contribution in [3.8, 4) is 0 Å². The molecule has 1 unspecified atom stereocenters. The first kappa shape index (κ1) is 21.9. The minimum Gasteiger partial charge on any atom is -0.342 e. The highest BCUT2D eigenvalue weighted by molar-refractivity contribution is 5.92. The van der Waals surface area contributed by atoms with Crippen LogP contribution in [0.3, 0.4) is 0 Å². The van der Waals surface area contributed by atoms with Gasteiger partial charge in [0.05, 0.1) is 6.42 Å². The van der Waals surface area contributed by atoms with Crippen LogP contribution in [0.2, 0.25) is 0 Å². The zero-order valence-corrected chi connectivity index (χ0v) is 18.0. The van der Waals surface area contributed by atoms with Crippen molar-refractivity contribution in [3.05, 3.63) is 52.9 Å². The van der Waals surface area contributed by atoms with Crippen molar-refractivity contribution in [1.29, 1.82) is 0 Å². The Morgan fingerprint density at radius 1 is 1.17 bits per heavy atom. The van der Waals surface area contributed by atoms with Crippen molar-refractivity contribution in [2.75, 3.05) is 18.4 Å². The second-order valence-electron chi connectivity index (χ2n) is 8.24. The van der Waals surface area contributed by atoms with Crippen LogP contribution in [0.15, 0.2) is 24.3 Å². The van der Waals surface area contributed by atoms with E-state index >= 15 is 0 Å². The summed E-state index contributed by atoms with van der Waals surface area (Å²) in [6.45, 7) is 9.04. The monoisotopic (exact) mass is 412 g/mol. The van der Waals surface area contributed by atoms with Crippen LogP contribution in [-0.2, 0) is 16.0 Å². The van der Waals surface area contributed by atoms with Crippen molar-refractivity contribution in [3.63, 3.8) is 0 Å². The molecule has 1 fully saturated rings. The van der Waals surface area contributed by atoms with Gasteiger partial charge in [-0.25, -0.2) is 14.4 Å². The number of benzene rings is 1. The van der Waals surface area contributed by atoms with Crippen molar-refractivity contribution in [1.82, 2.24) is 14.9 Å². The van der Waals surface area contributed by atoms with E-state index < -0.39 is 0 Å². The summed E-state index contributed by atoms with van der Waals surface area (Å²) in [5, 5.41) is 2.77. The molecule has 1 aliphatic heterocycles.